The molecule has 0 saturated carbocycles. The van der Waals surface area contributed by atoms with Gasteiger partial charge < -0.3 is 10.2 Å². The van der Waals surface area contributed by atoms with Crippen LogP contribution in [0.4, 0.5) is 0 Å². The molecular formula is C35H38N2O2. The van der Waals surface area contributed by atoms with E-state index in [2.05, 4.69) is 41.7 Å². The Bertz CT molecular complexity index is 1270. The zero-order valence-corrected chi connectivity index (χ0v) is 22.9. The number of carbonyl (C=O) groups excluding carboxylic acids is 2. The van der Waals surface area contributed by atoms with Crippen LogP contribution in [0.1, 0.15) is 53.5 Å². The molecule has 0 spiro atoms. The van der Waals surface area contributed by atoms with Crippen molar-refractivity contribution in [3.63, 3.8) is 0 Å². The number of amides is 2. The molecule has 4 aromatic rings. The van der Waals surface area contributed by atoms with Crippen molar-refractivity contribution in [3.05, 3.63) is 143 Å². The monoisotopic (exact) mass is 518 g/mol. The third kappa shape index (κ3) is 7.90. The molecule has 39 heavy (non-hydrogen) atoms. The highest BCUT2D eigenvalue weighted by Gasteiger charge is 2.32. The molecule has 200 valence electrons. The van der Waals surface area contributed by atoms with E-state index >= 15 is 0 Å². The van der Waals surface area contributed by atoms with Crippen LogP contribution in [-0.4, -0.2) is 29.3 Å². The first-order valence-electron chi connectivity index (χ1n) is 13.8. The fraction of sp³-hybridized carbons (Fsp3) is 0.257. The Labute approximate surface area is 232 Å². The maximum atomic E-state index is 14.3. The van der Waals surface area contributed by atoms with Crippen LogP contribution in [-0.2, 0) is 22.6 Å². The van der Waals surface area contributed by atoms with E-state index in [4.69, 9.17) is 0 Å². The molecule has 1 atom stereocenters. The third-order valence-corrected chi connectivity index (χ3v) is 7.08. The van der Waals surface area contributed by atoms with E-state index in [1.807, 2.05) is 92.7 Å². The summed E-state index contributed by atoms with van der Waals surface area (Å²) in [6.07, 6.45) is 1.56. The molecule has 0 aromatic heterocycles. The van der Waals surface area contributed by atoms with Crippen molar-refractivity contribution in [1.82, 2.24) is 10.2 Å². The number of hydrogen-bond donors (Lipinski definition) is 1. The second-order valence-electron chi connectivity index (χ2n) is 10.1. The third-order valence-electron chi connectivity index (χ3n) is 7.08. The van der Waals surface area contributed by atoms with Gasteiger partial charge in [-0.1, -0.05) is 128 Å². The van der Waals surface area contributed by atoms with Crippen LogP contribution in [0.25, 0.3) is 0 Å². The van der Waals surface area contributed by atoms with Crippen molar-refractivity contribution in [2.75, 3.05) is 6.54 Å². The number of aryl methyl sites for hydroxylation is 1. The van der Waals surface area contributed by atoms with Gasteiger partial charge in [-0.15, -0.1) is 0 Å². The molecule has 0 saturated heterocycles. The highest BCUT2D eigenvalue weighted by atomic mass is 16.2. The van der Waals surface area contributed by atoms with Gasteiger partial charge in [-0.3, -0.25) is 9.59 Å². The summed E-state index contributed by atoms with van der Waals surface area (Å²) in [7, 11) is 0. The summed E-state index contributed by atoms with van der Waals surface area (Å²) in [4.78, 5) is 29.7. The molecule has 0 unspecified atom stereocenters. The molecule has 0 aliphatic heterocycles. The highest BCUT2D eigenvalue weighted by molar-refractivity contribution is 5.88. The zero-order chi connectivity index (χ0) is 27.5. The highest BCUT2D eigenvalue weighted by Crippen LogP contribution is 2.30. The average Bonchev–Trinajstić information content (AvgIpc) is 2.98. The summed E-state index contributed by atoms with van der Waals surface area (Å²) in [5.74, 6) is -0.269. The standard InChI is InChI=1S/C35H38N2O2/c1-3-23-36-35(39)33(24-28-13-7-4-8-14-28)37(26-29-21-19-27(2)20-22-29)34(38)25-32(30-15-9-5-10-16-30)31-17-11-6-12-18-31/h4-22,32-33H,3,23-26H2,1-2H3,(H,36,39)/t33-/m0/s1. The van der Waals surface area contributed by atoms with Gasteiger partial charge in [0.15, 0.2) is 0 Å². The number of carbonyl (C=O) groups is 2. The van der Waals surface area contributed by atoms with E-state index in [0.29, 0.717) is 19.5 Å². The second kappa shape index (κ2) is 14.1. The van der Waals surface area contributed by atoms with Crippen LogP contribution in [0.5, 0.6) is 0 Å². The topological polar surface area (TPSA) is 49.4 Å². The Kier molecular flexibility index (Phi) is 10.1. The molecule has 0 heterocycles. The quantitative estimate of drug-likeness (QED) is 0.227. The van der Waals surface area contributed by atoms with Crippen LogP contribution >= 0.6 is 0 Å². The Hall–Kier alpha value is -4.18. The van der Waals surface area contributed by atoms with Crippen LogP contribution in [0.2, 0.25) is 0 Å². The van der Waals surface area contributed by atoms with E-state index < -0.39 is 6.04 Å². The van der Waals surface area contributed by atoms with Gasteiger partial charge in [0.1, 0.15) is 6.04 Å². The number of nitrogens with one attached hydrogen (secondary N) is 1. The molecule has 4 heteroatoms. The average molecular weight is 519 g/mol. The number of hydrogen-bond acceptors (Lipinski definition) is 2. The lowest BCUT2D eigenvalue weighted by molar-refractivity contribution is -0.141. The first-order chi connectivity index (χ1) is 19.0. The molecule has 1 N–H and O–H groups in total. The van der Waals surface area contributed by atoms with Gasteiger partial charge in [0.05, 0.1) is 0 Å². The largest absolute Gasteiger partial charge is 0.354 e. The minimum atomic E-state index is -0.625. The smallest absolute Gasteiger partial charge is 0.243 e. The van der Waals surface area contributed by atoms with E-state index in [9.17, 15) is 9.59 Å². The molecule has 4 nitrogen and oxygen atoms in total. The minimum Gasteiger partial charge on any atom is -0.354 e. The van der Waals surface area contributed by atoms with Crippen molar-refractivity contribution >= 4 is 11.8 Å². The van der Waals surface area contributed by atoms with Gasteiger partial charge >= 0.3 is 0 Å². The number of rotatable bonds is 12. The van der Waals surface area contributed by atoms with Gasteiger partial charge in [0, 0.05) is 31.8 Å². The molecule has 0 bridgehead atoms. The van der Waals surface area contributed by atoms with Crippen LogP contribution in [0.15, 0.2) is 115 Å². The van der Waals surface area contributed by atoms with Crippen molar-refractivity contribution in [2.45, 2.75) is 51.6 Å². The van der Waals surface area contributed by atoms with Crippen molar-refractivity contribution in [1.29, 1.82) is 0 Å². The van der Waals surface area contributed by atoms with Crippen LogP contribution < -0.4 is 5.32 Å². The first kappa shape index (κ1) is 27.8. The lowest BCUT2D eigenvalue weighted by Crippen LogP contribution is -2.50. The summed E-state index contributed by atoms with van der Waals surface area (Å²) in [5, 5.41) is 3.07. The summed E-state index contributed by atoms with van der Waals surface area (Å²) < 4.78 is 0. The van der Waals surface area contributed by atoms with E-state index in [1.54, 1.807) is 4.90 Å². The fourth-order valence-corrected chi connectivity index (χ4v) is 4.90. The molecule has 0 aliphatic carbocycles. The predicted molar refractivity (Wildman–Crippen MR) is 158 cm³/mol. The van der Waals surface area contributed by atoms with Gasteiger partial charge in [-0.2, -0.15) is 0 Å². The van der Waals surface area contributed by atoms with Crippen LogP contribution in [0.3, 0.4) is 0 Å². The van der Waals surface area contributed by atoms with Crippen molar-refractivity contribution in [2.24, 2.45) is 0 Å². The van der Waals surface area contributed by atoms with Crippen molar-refractivity contribution in [3.8, 4) is 0 Å². The van der Waals surface area contributed by atoms with E-state index in [1.165, 1.54) is 0 Å². The lowest BCUT2D eigenvalue weighted by Gasteiger charge is -2.33. The summed E-state index contributed by atoms with van der Waals surface area (Å²) in [6, 6.07) is 37.9. The Morgan fingerprint density at radius 2 is 1.26 bits per heavy atom. The Balaban J connectivity index is 1.71. The lowest BCUT2D eigenvalue weighted by atomic mass is 9.87. The molecular weight excluding hydrogens is 480 g/mol. The second-order valence-corrected chi connectivity index (χ2v) is 10.1. The number of benzene rings is 4. The predicted octanol–water partition coefficient (Wildman–Crippen LogP) is 6.68. The normalized spacial score (nSPS) is 11.7. The maximum absolute atomic E-state index is 14.3. The minimum absolute atomic E-state index is 0.0409. The molecule has 4 aromatic carbocycles. The van der Waals surface area contributed by atoms with Crippen molar-refractivity contribution < 1.29 is 9.59 Å². The van der Waals surface area contributed by atoms with Gasteiger partial charge in [-0.25, -0.2) is 0 Å². The number of nitrogens with zero attached hydrogens (tertiary/aromatic N) is 1. The molecule has 4 rings (SSSR count). The van der Waals surface area contributed by atoms with Gasteiger partial charge in [0.2, 0.25) is 11.8 Å². The van der Waals surface area contributed by atoms with Crippen LogP contribution in [0, 0.1) is 6.92 Å². The molecule has 0 aliphatic rings. The van der Waals surface area contributed by atoms with Gasteiger partial charge in [0.25, 0.3) is 0 Å². The maximum Gasteiger partial charge on any atom is 0.243 e. The Morgan fingerprint density at radius 1 is 0.718 bits per heavy atom. The summed E-state index contributed by atoms with van der Waals surface area (Å²) in [5.41, 5.74) is 5.36. The fourth-order valence-electron chi connectivity index (χ4n) is 4.90. The first-order valence-corrected chi connectivity index (χ1v) is 13.8. The van der Waals surface area contributed by atoms with Gasteiger partial charge in [-0.05, 0) is 35.6 Å². The van der Waals surface area contributed by atoms with E-state index in [0.717, 1.165) is 34.2 Å². The van der Waals surface area contributed by atoms with E-state index in [-0.39, 0.29) is 24.2 Å². The molecule has 0 radical (unpaired) electrons. The molecule has 2 amide bonds. The summed E-state index contributed by atoms with van der Waals surface area (Å²) >= 11 is 0. The SMILES string of the molecule is CCCNC(=O)[C@H](Cc1ccccc1)N(Cc1ccc(C)cc1)C(=O)CC(c1ccccc1)c1ccccc1. The zero-order valence-electron chi connectivity index (χ0n) is 22.9. The Morgan fingerprint density at radius 3 is 1.79 bits per heavy atom. The summed E-state index contributed by atoms with van der Waals surface area (Å²) in [6.45, 7) is 5.03. The molecule has 0 fully saturated rings.